The van der Waals surface area contributed by atoms with Gasteiger partial charge in [-0.2, -0.15) is 29.5 Å². The molecule has 2 rings (SSSR count). The summed E-state index contributed by atoms with van der Waals surface area (Å²) in [5, 5.41) is 1.12. The number of rotatable bonds is 0. The van der Waals surface area contributed by atoms with Crippen molar-refractivity contribution in [2.45, 2.75) is 6.92 Å². The van der Waals surface area contributed by atoms with Gasteiger partial charge in [0.2, 0.25) is 0 Å². The van der Waals surface area contributed by atoms with E-state index in [4.69, 9.17) is 0 Å². The summed E-state index contributed by atoms with van der Waals surface area (Å²) in [6.07, 6.45) is 0. The molecule has 1 aromatic carbocycles. The van der Waals surface area contributed by atoms with Gasteiger partial charge in [-0.15, -0.1) is 6.07 Å². The second-order valence-electron chi connectivity index (χ2n) is 2.13. The summed E-state index contributed by atoms with van der Waals surface area (Å²) in [5.74, 6) is 0. The predicted octanol–water partition coefficient (Wildman–Crippen LogP) is 2.40. The summed E-state index contributed by atoms with van der Waals surface area (Å²) < 4.78 is 1.22. The molecule has 0 bridgehead atoms. The smallest absolute Gasteiger partial charge is 0.0761 e. The zero-order valence-corrected chi connectivity index (χ0v) is 8.25. The van der Waals surface area contributed by atoms with Crippen LogP contribution in [0.15, 0.2) is 18.2 Å². The molecule has 0 atom stereocenters. The molecule has 0 saturated carbocycles. The number of thiazole rings is 1. The molecule has 11 heavy (non-hydrogen) atoms. The Labute approximate surface area is 81.3 Å². The summed E-state index contributed by atoms with van der Waals surface area (Å²) in [6, 6.07) is 8.87. The second-order valence-corrected chi connectivity index (χ2v) is 3.36. The quantitative estimate of drug-likeness (QED) is 0.593. The van der Waals surface area contributed by atoms with E-state index in [-0.39, 0.29) is 18.6 Å². The number of hydrogen-bond acceptors (Lipinski definition) is 2. The third-order valence-electron chi connectivity index (χ3n) is 1.34. The fraction of sp³-hybridized carbons (Fsp3) is 0.125. The van der Waals surface area contributed by atoms with Crippen molar-refractivity contribution >= 4 is 21.6 Å². The molecule has 2 aromatic rings. The van der Waals surface area contributed by atoms with Crippen molar-refractivity contribution in [3.8, 4) is 0 Å². The molecule has 0 N–H and O–H groups in total. The summed E-state index contributed by atoms with van der Waals surface area (Å²) in [5.41, 5.74) is 1.08. The Kier molecular flexibility index (Phi) is 2.71. The van der Waals surface area contributed by atoms with Gasteiger partial charge in [-0.1, -0.05) is 4.70 Å². The minimum atomic E-state index is 0. The number of hydrogen-bond donors (Lipinski definition) is 0. The first kappa shape index (κ1) is 8.79. The third kappa shape index (κ3) is 1.64. The van der Waals surface area contributed by atoms with Gasteiger partial charge in [-0.05, 0) is 12.4 Å². The Hall–Kier alpha value is -0.306. The molecule has 3 heteroatoms. The number of fused-ring (bicyclic) bond motifs is 1. The molecule has 0 aliphatic rings. The molecule has 1 heterocycles. The fourth-order valence-corrected chi connectivity index (χ4v) is 1.74. The molecule has 0 unspecified atom stereocenters. The third-order valence-corrected chi connectivity index (χ3v) is 2.27. The Balaban J connectivity index is 0.000000605. The minimum Gasteiger partial charge on any atom is -0.269 e. The molecule has 1 aromatic heterocycles. The SMILES string of the molecule is Cc1nc2cc[c-]cc2s1.[V]. The van der Waals surface area contributed by atoms with Crippen LogP contribution in [-0.4, -0.2) is 4.98 Å². The van der Waals surface area contributed by atoms with Crippen LogP contribution < -0.4 is 0 Å². The molecule has 0 amide bonds. The second kappa shape index (κ2) is 3.39. The van der Waals surface area contributed by atoms with Crippen LogP contribution in [0.4, 0.5) is 0 Å². The maximum atomic E-state index is 4.31. The zero-order chi connectivity index (χ0) is 6.97. The largest absolute Gasteiger partial charge is 0.269 e. The van der Waals surface area contributed by atoms with Gasteiger partial charge >= 0.3 is 0 Å². The first-order valence-electron chi connectivity index (χ1n) is 3.09. The summed E-state index contributed by atoms with van der Waals surface area (Å²) in [4.78, 5) is 4.31. The molecule has 55 valence electrons. The Morgan fingerprint density at radius 1 is 1.55 bits per heavy atom. The average molecular weight is 199 g/mol. The van der Waals surface area contributed by atoms with Crippen LogP contribution in [0, 0.1) is 13.0 Å². The molecular weight excluding hydrogens is 193 g/mol. The van der Waals surface area contributed by atoms with E-state index < -0.39 is 0 Å². The van der Waals surface area contributed by atoms with Gasteiger partial charge in [0.25, 0.3) is 0 Å². The van der Waals surface area contributed by atoms with Gasteiger partial charge in [0, 0.05) is 18.6 Å². The van der Waals surface area contributed by atoms with Crippen molar-refractivity contribution in [2.75, 3.05) is 0 Å². The van der Waals surface area contributed by atoms with E-state index in [1.165, 1.54) is 4.70 Å². The van der Waals surface area contributed by atoms with Crippen molar-refractivity contribution in [2.24, 2.45) is 0 Å². The molecule has 0 fully saturated rings. The van der Waals surface area contributed by atoms with E-state index in [9.17, 15) is 0 Å². The first-order chi connectivity index (χ1) is 4.86. The van der Waals surface area contributed by atoms with Crippen LogP contribution >= 0.6 is 11.3 Å². The molecule has 0 aliphatic heterocycles. The van der Waals surface area contributed by atoms with E-state index >= 15 is 0 Å². The van der Waals surface area contributed by atoms with Crippen LogP contribution in [0.2, 0.25) is 0 Å². The maximum Gasteiger partial charge on any atom is 0.0761 e. The Morgan fingerprint density at radius 2 is 2.36 bits per heavy atom. The molecular formula is C8H6NSV-. The Bertz CT molecular complexity index is 323. The number of benzene rings is 1. The van der Waals surface area contributed by atoms with Crippen molar-refractivity contribution in [3.63, 3.8) is 0 Å². The van der Waals surface area contributed by atoms with E-state index in [0.717, 1.165) is 10.5 Å². The normalized spacial score (nSPS) is 9.55. The maximum absolute atomic E-state index is 4.31. The topological polar surface area (TPSA) is 12.9 Å². The van der Waals surface area contributed by atoms with Crippen LogP contribution in [0.3, 0.4) is 0 Å². The van der Waals surface area contributed by atoms with Gasteiger partial charge < -0.3 is 0 Å². The summed E-state index contributed by atoms with van der Waals surface area (Å²) in [7, 11) is 0. The van der Waals surface area contributed by atoms with E-state index in [2.05, 4.69) is 11.1 Å². The Morgan fingerprint density at radius 3 is 3.09 bits per heavy atom. The van der Waals surface area contributed by atoms with Crippen LogP contribution in [-0.2, 0) is 18.6 Å². The van der Waals surface area contributed by atoms with Crippen molar-refractivity contribution in [1.82, 2.24) is 4.98 Å². The fourth-order valence-electron chi connectivity index (χ4n) is 0.933. The predicted molar refractivity (Wildman–Crippen MR) is 43.2 cm³/mol. The van der Waals surface area contributed by atoms with Crippen molar-refractivity contribution < 1.29 is 18.6 Å². The molecule has 0 spiro atoms. The van der Waals surface area contributed by atoms with E-state index in [1.807, 2.05) is 25.1 Å². The van der Waals surface area contributed by atoms with Crippen molar-refractivity contribution in [3.05, 3.63) is 29.3 Å². The number of nitrogens with zero attached hydrogens (tertiary/aromatic N) is 1. The summed E-state index contributed by atoms with van der Waals surface area (Å²) in [6.45, 7) is 2.02. The van der Waals surface area contributed by atoms with Gasteiger partial charge in [0.05, 0.1) is 5.01 Å². The summed E-state index contributed by atoms with van der Waals surface area (Å²) >= 11 is 1.71. The molecule has 1 radical (unpaired) electrons. The standard InChI is InChI=1S/C8H6NS.V/c1-6-9-7-4-2-3-5-8(7)10-6;/h2,4-5H,1H3;/q-1;. The average Bonchev–Trinajstić information content (AvgIpc) is 2.27. The molecule has 0 aliphatic carbocycles. The van der Waals surface area contributed by atoms with E-state index in [1.54, 1.807) is 11.3 Å². The molecule has 1 nitrogen and oxygen atoms in total. The van der Waals surface area contributed by atoms with Crippen LogP contribution in [0.25, 0.3) is 10.2 Å². The van der Waals surface area contributed by atoms with Crippen molar-refractivity contribution in [1.29, 1.82) is 0 Å². The monoisotopic (exact) mass is 199 g/mol. The first-order valence-corrected chi connectivity index (χ1v) is 3.91. The number of aryl methyl sites for hydroxylation is 1. The van der Waals surface area contributed by atoms with Gasteiger partial charge in [0.1, 0.15) is 0 Å². The van der Waals surface area contributed by atoms with Gasteiger partial charge in [-0.25, -0.2) is 0 Å². The van der Waals surface area contributed by atoms with E-state index in [0.29, 0.717) is 0 Å². The zero-order valence-electron chi connectivity index (χ0n) is 6.03. The molecule has 0 saturated heterocycles. The van der Waals surface area contributed by atoms with Crippen LogP contribution in [0.5, 0.6) is 0 Å². The van der Waals surface area contributed by atoms with Crippen LogP contribution in [0.1, 0.15) is 5.01 Å². The van der Waals surface area contributed by atoms with Gasteiger partial charge in [-0.3, -0.25) is 4.98 Å². The number of aromatic nitrogens is 1. The minimum absolute atomic E-state index is 0. The van der Waals surface area contributed by atoms with Gasteiger partial charge in [0.15, 0.2) is 0 Å².